The zero-order valence-electron chi connectivity index (χ0n) is 17.1. The van der Waals surface area contributed by atoms with Crippen LogP contribution in [0.4, 0.5) is 17.3 Å². The average Bonchev–Trinajstić information content (AvgIpc) is 3.07. The lowest BCUT2D eigenvalue weighted by Gasteiger charge is -2.23. The van der Waals surface area contributed by atoms with Crippen LogP contribution in [0.15, 0.2) is 48.7 Å². The van der Waals surface area contributed by atoms with E-state index in [1.807, 2.05) is 63.2 Å². The SMILES string of the molecule is CCSNc1ccc(-c2nn(C(C)(C)C)c(Nc3ccccn3)c2C(N)=O)cc1. The van der Waals surface area contributed by atoms with Crippen molar-refractivity contribution in [1.82, 2.24) is 14.8 Å². The van der Waals surface area contributed by atoms with Gasteiger partial charge in [0.25, 0.3) is 5.91 Å². The van der Waals surface area contributed by atoms with Gasteiger partial charge in [-0.05, 0) is 45.0 Å². The molecular formula is C21H26N6OS. The first-order valence-corrected chi connectivity index (χ1v) is 10.4. The summed E-state index contributed by atoms with van der Waals surface area (Å²) in [5.74, 6) is 1.56. The minimum Gasteiger partial charge on any atom is -0.365 e. The van der Waals surface area contributed by atoms with Crippen LogP contribution in [0, 0.1) is 0 Å². The quantitative estimate of drug-likeness (QED) is 0.492. The van der Waals surface area contributed by atoms with E-state index >= 15 is 0 Å². The maximum atomic E-state index is 12.4. The van der Waals surface area contributed by atoms with Gasteiger partial charge >= 0.3 is 0 Å². The molecule has 152 valence electrons. The summed E-state index contributed by atoms with van der Waals surface area (Å²) in [4.78, 5) is 16.8. The van der Waals surface area contributed by atoms with E-state index in [0.717, 1.165) is 17.0 Å². The molecule has 3 aromatic rings. The van der Waals surface area contributed by atoms with Crippen LogP contribution in [0.25, 0.3) is 11.3 Å². The van der Waals surface area contributed by atoms with Gasteiger partial charge in [-0.25, -0.2) is 9.67 Å². The molecule has 1 aromatic carbocycles. The summed E-state index contributed by atoms with van der Waals surface area (Å²) in [6.45, 7) is 8.15. The second-order valence-corrected chi connectivity index (χ2v) is 8.54. The smallest absolute Gasteiger partial charge is 0.254 e. The number of benzene rings is 1. The molecule has 0 atom stereocenters. The highest BCUT2D eigenvalue weighted by atomic mass is 32.2. The summed E-state index contributed by atoms with van der Waals surface area (Å²) in [5.41, 5.74) is 8.10. The van der Waals surface area contributed by atoms with E-state index in [-0.39, 0.29) is 5.54 Å². The maximum absolute atomic E-state index is 12.4. The van der Waals surface area contributed by atoms with E-state index in [1.165, 1.54) is 0 Å². The monoisotopic (exact) mass is 410 g/mol. The molecule has 2 heterocycles. The Morgan fingerprint density at radius 3 is 2.45 bits per heavy atom. The molecule has 0 saturated heterocycles. The van der Waals surface area contributed by atoms with Gasteiger partial charge < -0.3 is 15.8 Å². The number of hydrogen-bond donors (Lipinski definition) is 3. The predicted molar refractivity (Wildman–Crippen MR) is 120 cm³/mol. The molecule has 0 aliphatic carbocycles. The normalized spacial score (nSPS) is 11.3. The van der Waals surface area contributed by atoms with Gasteiger partial charge in [0, 0.05) is 23.2 Å². The van der Waals surface area contributed by atoms with E-state index in [1.54, 1.807) is 22.8 Å². The second-order valence-electron chi connectivity index (χ2n) is 7.47. The minimum atomic E-state index is -0.544. The van der Waals surface area contributed by atoms with Crippen LogP contribution in [0.5, 0.6) is 0 Å². The number of carbonyl (C=O) groups is 1. The number of hydrogen-bond acceptors (Lipinski definition) is 6. The largest absolute Gasteiger partial charge is 0.365 e. The van der Waals surface area contributed by atoms with Crippen molar-refractivity contribution in [2.75, 3.05) is 15.8 Å². The molecule has 0 bridgehead atoms. The van der Waals surface area contributed by atoms with Crippen LogP contribution in [-0.2, 0) is 5.54 Å². The van der Waals surface area contributed by atoms with Crippen molar-refractivity contribution >= 4 is 35.2 Å². The molecule has 3 rings (SSSR count). The highest BCUT2D eigenvalue weighted by molar-refractivity contribution is 8.00. The molecule has 0 radical (unpaired) electrons. The Morgan fingerprint density at radius 1 is 1.17 bits per heavy atom. The lowest BCUT2D eigenvalue weighted by atomic mass is 10.1. The zero-order chi connectivity index (χ0) is 21.0. The third kappa shape index (κ3) is 4.71. The number of amides is 1. The Labute approximate surface area is 175 Å². The molecule has 0 unspecified atom stereocenters. The van der Waals surface area contributed by atoms with Crippen molar-refractivity contribution < 1.29 is 4.79 Å². The second kappa shape index (κ2) is 8.57. The van der Waals surface area contributed by atoms with Gasteiger partial charge in [-0.15, -0.1) is 0 Å². The van der Waals surface area contributed by atoms with Gasteiger partial charge in [0.15, 0.2) is 0 Å². The highest BCUT2D eigenvalue weighted by Gasteiger charge is 2.28. The van der Waals surface area contributed by atoms with Crippen molar-refractivity contribution in [3.8, 4) is 11.3 Å². The summed E-state index contributed by atoms with van der Waals surface area (Å²) in [7, 11) is 0. The number of primary amides is 1. The lowest BCUT2D eigenvalue weighted by Crippen LogP contribution is -2.25. The van der Waals surface area contributed by atoms with Crippen LogP contribution in [-0.4, -0.2) is 26.4 Å². The third-order valence-corrected chi connectivity index (χ3v) is 4.84. The first kappa shape index (κ1) is 20.7. The molecule has 0 saturated carbocycles. The molecule has 29 heavy (non-hydrogen) atoms. The summed E-state index contributed by atoms with van der Waals surface area (Å²) >= 11 is 1.62. The van der Waals surface area contributed by atoms with E-state index < -0.39 is 5.91 Å². The van der Waals surface area contributed by atoms with Crippen LogP contribution < -0.4 is 15.8 Å². The van der Waals surface area contributed by atoms with Crippen molar-refractivity contribution in [1.29, 1.82) is 0 Å². The van der Waals surface area contributed by atoms with E-state index in [4.69, 9.17) is 10.8 Å². The fourth-order valence-electron chi connectivity index (χ4n) is 2.86. The van der Waals surface area contributed by atoms with Crippen molar-refractivity contribution in [3.05, 3.63) is 54.2 Å². The molecule has 7 nitrogen and oxygen atoms in total. The van der Waals surface area contributed by atoms with Crippen LogP contribution in [0.2, 0.25) is 0 Å². The average molecular weight is 411 g/mol. The number of nitrogens with one attached hydrogen (secondary N) is 2. The molecule has 2 aromatic heterocycles. The Bertz CT molecular complexity index is 977. The fourth-order valence-corrected chi connectivity index (χ4v) is 3.31. The van der Waals surface area contributed by atoms with Crippen molar-refractivity contribution in [2.45, 2.75) is 33.2 Å². The molecule has 0 fully saturated rings. The third-order valence-electron chi connectivity index (χ3n) is 4.17. The highest BCUT2D eigenvalue weighted by Crippen LogP contribution is 2.34. The Balaban J connectivity index is 2.11. The van der Waals surface area contributed by atoms with Gasteiger partial charge in [-0.2, -0.15) is 5.10 Å². The number of carbonyl (C=O) groups excluding carboxylic acids is 1. The molecule has 0 spiro atoms. The predicted octanol–water partition coefficient (Wildman–Crippen LogP) is 4.62. The van der Waals surface area contributed by atoms with Crippen molar-refractivity contribution in [2.24, 2.45) is 5.73 Å². The van der Waals surface area contributed by atoms with Crippen LogP contribution in [0.3, 0.4) is 0 Å². The van der Waals surface area contributed by atoms with Crippen molar-refractivity contribution in [3.63, 3.8) is 0 Å². The lowest BCUT2D eigenvalue weighted by molar-refractivity contribution is 0.100. The van der Waals surface area contributed by atoms with E-state index in [2.05, 4.69) is 21.9 Å². The Morgan fingerprint density at radius 2 is 1.90 bits per heavy atom. The first-order valence-electron chi connectivity index (χ1n) is 9.41. The van der Waals surface area contributed by atoms with Gasteiger partial charge in [0.1, 0.15) is 22.9 Å². The van der Waals surface area contributed by atoms with Gasteiger partial charge in [-0.3, -0.25) is 4.79 Å². The first-order chi connectivity index (χ1) is 13.8. The van der Waals surface area contributed by atoms with E-state index in [9.17, 15) is 4.79 Å². The number of pyridine rings is 1. The number of rotatable bonds is 7. The summed E-state index contributed by atoms with van der Waals surface area (Å²) in [5, 5.41) is 7.99. The standard InChI is InChI=1S/C21H26N6OS/c1-5-29-26-15-11-9-14(10-12-15)18-17(19(22)28)20(27(25-18)21(2,3)4)24-16-8-6-7-13-23-16/h6-13,26H,5H2,1-4H3,(H2,22,28)(H,23,24). The number of nitrogens with two attached hydrogens (primary N) is 1. The maximum Gasteiger partial charge on any atom is 0.254 e. The van der Waals surface area contributed by atoms with Crippen LogP contribution >= 0.6 is 11.9 Å². The summed E-state index contributed by atoms with van der Waals surface area (Å²) < 4.78 is 5.05. The Hall–Kier alpha value is -3.00. The molecule has 8 heteroatoms. The molecule has 4 N–H and O–H groups in total. The molecular weight excluding hydrogens is 384 g/mol. The Kier molecular flexibility index (Phi) is 6.12. The summed E-state index contributed by atoms with van der Waals surface area (Å²) in [6.07, 6.45) is 1.69. The summed E-state index contributed by atoms with van der Waals surface area (Å²) in [6, 6.07) is 13.3. The fraction of sp³-hybridized carbons (Fsp3) is 0.286. The number of anilines is 3. The zero-order valence-corrected chi connectivity index (χ0v) is 17.9. The molecule has 0 aliphatic heterocycles. The number of aromatic nitrogens is 3. The van der Waals surface area contributed by atoms with Gasteiger partial charge in [0.05, 0.1) is 5.54 Å². The molecule has 0 aliphatic rings. The van der Waals surface area contributed by atoms with Gasteiger partial charge in [-0.1, -0.05) is 37.1 Å². The van der Waals surface area contributed by atoms with Gasteiger partial charge in [0.2, 0.25) is 0 Å². The minimum absolute atomic E-state index is 0.342. The van der Waals surface area contributed by atoms with E-state index in [0.29, 0.717) is 22.9 Å². The number of nitrogens with zero attached hydrogens (tertiary/aromatic N) is 3. The molecule has 1 amide bonds. The van der Waals surface area contributed by atoms with Crippen LogP contribution in [0.1, 0.15) is 38.1 Å². The topological polar surface area (TPSA) is 97.9 Å².